The van der Waals surface area contributed by atoms with Crippen LogP contribution in [0, 0.1) is 0 Å². The van der Waals surface area contributed by atoms with Crippen LogP contribution in [0.5, 0.6) is 0 Å². The summed E-state index contributed by atoms with van der Waals surface area (Å²) >= 11 is 0. The van der Waals surface area contributed by atoms with E-state index >= 15 is 0 Å². The molecule has 80 heavy (non-hydrogen) atoms. The molecule has 0 saturated carbocycles. The van der Waals surface area contributed by atoms with E-state index in [1.807, 2.05) is 33.3 Å². The van der Waals surface area contributed by atoms with Crippen LogP contribution in [0.25, 0.3) is 0 Å². The van der Waals surface area contributed by atoms with Crippen LogP contribution < -0.4 is 10.2 Å². The second-order valence-electron chi connectivity index (χ2n) is 24.0. The molecule has 9 nitrogen and oxygen atoms in total. The Kier molecular flexibility index (Phi) is 57.7. The number of carbonyl (C=O) groups is 2. The first-order valence-electron chi connectivity index (χ1n) is 33.7. The number of hydrogen-bond donors (Lipinski definition) is 1. The molecule has 1 N–H and O–H groups in total. The minimum atomic E-state index is -4.70. The van der Waals surface area contributed by atoms with E-state index in [1.165, 1.54) is 180 Å². The molecule has 3 atom stereocenters. The molecule has 0 fully saturated rings. The largest absolute Gasteiger partial charge is 0.756 e. The lowest BCUT2D eigenvalue weighted by atomic mass is 10.0. The van der Waals surface area contributed by atoms with Gasteiger partial charge in [0.25, 0.3) is 7.82 Å². The zero-order valence-corrected chi connectivity index (χ0v) is 54.2. The first-order chi connectivity index (χ1) is 38.9. The van der Waals surface area contributed by atoms with Gasteiger partial charge < -0.3 is 28.5 Å². The Balaban J connectivity index is 5.05. The normalized spacial score (nSPS) is 14.0. The quantitative estimate of drug-likeness (QED) is 0.0212. The van der Waals surface area contributed by atoms with Crippen LogP contribution in [0.2, 0.25) is 0 Å². The molecule has 0 heterocycles. The minimum Gasteiger partial charge on any atom is -0.756 e. The average molecular weight is 1140 g/mol. The van der Waals surface area contributed by atoms with Crippen molar-refractivity contribution in [3.05, 3.63) is 72.9 Å². The van der Waals surface area contributed by atoms with E-state index in [4.69, 9.17) is 13.8 Å². The van der Waals surface area contributed by atoms with Crippen LogP contribution in [0.4, 0.5) is 0 Å². The van der Waals surface area contributed by atoms with Gasteiger partial charge in [0.2, 0.25) is 5.91 Å². The molecule has 0 bridgehead atoms. The number of carbonyl (C=O) groups excluding carboxylic acids is 2. The minimum absolute atomic E-state index is 0.0256. The number of phosphoric ester groups is 1. The lowest BCUT2D eigenvalue weighted by molar-refractivity contribution is -0.870. The third-order valence-corrected chi connectivity index (χ3v) is 15.8. The fourth-order valence-corrected chi connectivity index (χ4v) is 10.3. The van der Waals surface area contributed by atoms with Crippen molar-refractivity contribution in [1.29, 1.82) is 0 Å². The van der Waals surface area contributed by atoms with Crippen LogP contribution in [0.3, 0.4) is 0 Å². The Hall–Kier alpha value is -2.55. The van der Waals surface area contributed by atoms with E-state index in [9.17, 15) is 19.0 Å². The lowest BCUT2D eigenvalue weighted by Crippen LogP contribution is -2.47. The molecule has 0 aliphatic heterocycles. The predicted octanol–water partition coefficient (Wildman–Crippen LogP) is 20.5. The first-order valence-corrected chi connectivity index (χ1v) is 35.2. The highest BCUT2D eigenvalue weighted by Crippen LogP contribution is 2.38. The van der Waals surface area contributed by atoms with Crippen LogP contribution >= 0.6 is 7.82 Å². The van der Waals surface area contributed by atoms with Crippen LogP contribution in [-0.2, 0) is 27.9 Å². The number of nitrogens with zero attached hydrogens (tertiary/aromatic N) is 1. The van der Waals surface area contributed by atoms with Crippen LogP contribution in [0.1, 0.15) is 310 Å². The fraction of sp³-hybridized carbons (Fsp3) is 0.800. The van der Waals surface area contributed by atoms with Gasteiger partial charge in [-0.05, 0) is 102 Å². The smallest absolute Gasteiger partial charge is 0.306 e. The van der Waals surface area contributed by atoms with E-state index in [1.54, 1.807) is 0 Å². The second-order valence-corrected chi connectivity index (χ2v) is 25.4. The number of ether oxygens (including phenoxy) is 1. The van der Waals surface area contributed by atoms with Gasteiger partial charge >= 0.3 is 5.97 Å². The topological polar surface area (TPSA) is 114 Å². The highest BCUT2D eigenvalue weighted by molar-refractivity contribution is 7.45. The molecule has 0 aliphatic rings. The first kappa shape index (κ1) is 77.5. The van der Waals surface area contributed by atoms with Crippen molar-refractivity contribution in [2.24, 2.45) is 0 Å². The maximum absolute atomic E-state index is 13.5. The Morgan fingerprint density at radius 1 is 0.438 bits per heavy atom. The molecule has 0 radical (unpaired) electrons. The van der Waals surface area contributed by atoms with Gasteiger partial charge in [-0.15, -0.1) is 0 Å². The van der Waals surface area contributed by atoms with E-state index in [-0.39, 0.29) is 24.9 Å². The Labute approximate surface area is 495 Å². The van der Waals surface area contributed by atoms with Crippen LogP contribution in [0.15, 0.2) is 72.9 Å². The number of allylic oxidation sites excluding steroid dienone is 11. The number of esters is 1. The molecule has 0 aromatic rings. The standard InChI is InChI=1S/C70H129N2O7P/c1-7-10-13-16-19-22-25-27-29-31-32-33-34-35-36-37-38-39-40-41-43-45-48-51-54-57-60-63-70(74)79-68(61-58-55-52-49-46-24-21-18-15-12-9-3)67(66-78-80(75,76)77-65-64-72(4,5)6)71-69(73)62-59-56-53-50-47-44-42-30-28-26-23-20-17-14-11-8-2/h19,22,27,29-30,32-33,35-36,42,58,61,67-68H,7-18,20-21,23-26,28,31,34,37-41,43-57,59-60,62-66H2,1-6H3,(H-,71,73,75,76)/b22-19-,29-27-,33-32-,36-35-,42-30+,61-58-. The summed E-state index contributed by atoms with van der Waals surface area (Å²) in [5.41, 5.74) is 0. The number of likely N-dealkylation sites (N-methyl/N-ethyl adjacent to an activating group) is 1. The average Bonchev–Trinajstić information content (AvgIpc) is 3.43. The molecule has 0 rings (SSSR count). The summed E-state index contributed by atoms with van der Waals surface area (Å²) in [6.45, 7) is 6.82. The fourth-order valence-electron chi connectivity index (χ4n) is 9.62. The summed E-state index contributed by atoms with van der Waals surface area (Å²) in [6, 6.07) is -0.895. The molecular formula is C70H129N2O7P. The van der Waals surface area contributed by atoms with Crippen molar-refractivity contribution in [2.75, 3.05) is 40.9 Å². The summed E-state index contributed by atoms with van der Waals surface area (Å²) in [7, 11) is 1.18. The third kappa shape index (κ3) is 60.1. The number of nitrogens with one attached hydrogen (secondary N) is 1. The zero-order chi connectivity index (χ0) is 58.6. The van der Waals surface area contributed by atoms with Crippen LogP contribution in [-0.4, -0.2) is 69.4 Å². The van der Waals surface area contributed by atoms with Gasteiger partial charge in [-0.3, -0.25) is 14.2 Å². The van der Waals surface area contributed by atoms with Gasteiger partial charge in [0.1, 0.15) is 19.3 Å². The molecule has 1 amide bonds. The van der Waals surface area contributed by atoms with Gasteiger partial charge in [-0.25, -0.2) is 0 Å². The maximum Gasteiger partial charge on any atom is 0.306 e. The number of rotatable bonds is 61. The second kappa shape index (κ2) is 59.6. The zero-order valence-electron chi connectivity index (χ0n) is 53.3. The lowest BCUT2D eigenvalue weighted by Gasteiger charge is -2.30. The van der Waals surface area contributed by atoms with E-state index in [0.29, 0.717) is 17.4 Å². The highest BCUT2D eigenvalue weighted by Gasteiger charge is 2.27. The number of hydrogen-bond acceptors (Lipinski definition) is 7. The summed E-state index contributed by atoms with van der Waals surface area (Å²) < 4.78 is 30.4. The molecule has 3 unspecified atom stereocenters. The molecule has 0 aliphatic carbocycles. The summed E-state index contributed by atoms with van der Waals surface area (Å²) in [4.78, 5) is 40.0. The predicted molar refractivity (Wildman–Crippen MR) is 344 cm³/mol. The highest BCUT2D eigenvalue weighted by atomic mass is 31.2. The Morgan fingerprint density at radius 3 is 1.18 bits per heavy atom. The van der Waals surface area contributed by atoms with Crippen molar-refractivity contribution < 1.29 is 37.3 Å². The monoisotopic (exact) mass is 1140 g/mol. The summed E-state index contributed by atoms with van der Waals surface area (Å²) in [6.07, 6.45) is 77.3. The summed E-state index contributed by atoms with van der Waals surface area (Å²) in [5.74, 6) is -0.549. The van der Waals surface area contributed by atoms with Gasteiger partial charge in [0, 0.05) is 12.8 Å². The Morgan fingerprint density at radius 2 is 0.762 bits per heavy atom. The van der Waals surface area contributed by atoms with Crippen molar-refractivity contribution in [3.63, 3.8) is 0 Å². The molecule has 466 valence electrons. The van der Waals surface area contributed by atoms with Gasteiger partial charge in [0.05, 0.1) is 33.8 Å². The van der Waals surface area contributed by atoms with Gasteiger partial charge in [0.15, 0.2) is 0 Å². The van der Waals surface area contributed by atoms with Crippen molar-refractivity contribution in [1.82, 2.24) is 5.32 Å². The summed E-state index contributed by atoms with van der Waals surface area (Å²) in [5, 5.41) is 3.03. The van der Waals surface area contributed by atoms with Gasteiger partial charge in [-0.1, -0.05) is 267 Å². The van der Waals surface area contributed by atoms with E-state index < -0.39 is 26.6 Å². The molecule has 0 aromatic carbocycles. The molecule has 0 spiro atoms. The van der Waals surface area contributed by atoms with Gasteiger partial charge in [-0.2, -0.15) is 0 Å². The maximum atomic E-state index is 13.5. The van der Waals surface area contributed by atoms with Crippen molar-refractivity contribution >= 4 is 19.7 Å². The number of unbranched alkanes of at least 4 members (excludes halogenated alkanes) is 35. The number of amides is 1. The Bertz CT molecular complexity index is 1600. The molecule has 0 aromatic heterocycles. The van der Waals surface area contributed by atoms with E-state index in [2.05, 4.69) is 86.8 Å². The SMILES string of the molecule is CCCCC/C=C\C/C=C\C/C=C\C/C=C\CCCCCCCCCCCCCC(=O)OC(/C=C\CCCCCCCCCCC)C(COP(=O)([O-])OCC[N+](C)(C)C)NC(=O)CCCCCCC/C=C/CCCCCCCCC. The number of quaternary nitrogens is 1. The van der Waals surface area contributed by atoms with E-state index in [0.717, 1.165) is 96.3 Å². The number of phosphoric acid groups is 1. The molecule has 0 saturated heterocycles. The van der Waals surface area contributed by atoms with Crippen molar-refractivity contribution in [2.45, 2.75) is 322 Å². The van der Waals surface area contributed by atoms with Crippen molar-refractivity contribution in [3.8, 4) is 0 Å². The molecule has 10 heteroatoms. The molecular weight excluding hydrogens is 1010 g/mol. The third-order valence-electron chi connectivity index (χ3n) is 14.9.